The van der Waals surface area contributed by atoms with E-state index in [2.05, 4.69) is 10.2 Å². The molecule has 7 nitrogen and oxygen atoms in total. The summed E-state index contributed by atoms with van der Waals surface area (Å²) in [6.07, 6.45) is 1.33. The van der Waals surface area contributed by atoms with Crippen molar-refractivity contribution in [2.75, 3.05) is 46.2 Å². The van der Waals surface area contributed by atoms with Crippen LogP contribution in [0.5, 0.6) is 0 Å². The predicted molar refractivity (Wildman–Crippen MR) is 73.2 cm³/mol. The predicted octanol–water partition coefficient (Wildman–Crippen LogP) is -2.16. The summed E-state index contributed by atoms with van der Waals surface area (Å²) in [6, 6.07) is 0.294. The highest BCUT2D eigenvalue weighted by atomic mass is 16.5. The van der Waals surface area contributed by atoms with Gasteiger partial charge in [-0.2, -0.15) is 0 Å². The Kier molecular flexibility index (Phi) is 5.96. The lowest BCUT2D eigenvalue weighted by atomic mass is 9.93. The number of nitrogens with two attached hydrogens (primary N) is 3. The first-order chi connectivity index (χ1) is 9.30. The van der Waals surface area contributed by atoms with E-state index in [1.54, 1.807) is 0 Å². The SMILES string of the molecule is NCCN1CC(OCN)C(C2NCCC2OCN)C1. The largest absolute Gasteiger partial charge is 0.362 e. The zero-order valence-corrected chi connectivity index (χ0v) is 11.5. The van der Waals surface area contributed by atoms with Crippen molar-refractivity contribution >= 4 is 0 Å². The summed E-state index contributed by atoms with van der Waals surface area (Å²) >= 11 is 0. The lowest BCUT2D eigenvalue weighted by Gasteiger charge is -2.29. The molecule has 0 radical (unpaired) electrons. The average molecular weight is 273 g/mol. The van der Waals surface area contributed by atoms with Crippen LogP contribution in [0.25, 0.3) is 0 Å². The minimum Gasteiger partial charge on any atom is -0.362 e. The molecule has 0 aromatic rings. The minimum atomic E-state index is 0.149. The standard InChI is InChI=1S/C12H27N5O2/c13-2-4-17-5-9(11(6-17)19-8-15)12-10(18-7-14)1-3-16-12/h9-12,16H,1-8,13-15H2. The van der Waals surface area contributed by atoms with Gasteiger partial charge >= 0.3 is 0 Å². The van der Waals surface area contributed by atoms with Crippen molar-refractivity contribution < 1.29 is 9.47 Å². The van der Waals surface area contributed by atoms with E-state index in [0.29, 0.717) is 18.5 Å². The van der Waals surface area contributed by atoms with Crippen LogP contribution in [-0.4, -0.2) is 69.3 Å². The van der Waals surface area contributed by atoms with Gasteiger partial charge in [0.05, 0.1) is 25.7 Å². The lowest BCUT2D eigenvalue weighted by Crippen LogP contribution is -2.46. The van der Waals surface area contributed by atoms with E-state index < -0.39 is 0 Å². The van der Waals surface area contributed by atoms with Crippen LogP contribution in [0.2, 0.25) is 0 Å². The third-order valence-corrected chi connectivity index (χ3v) is 4.12. The molecule has 2 aliphatic heterocycles. The van der Waals surface area contributed by atoms with Crippen LogP contribution in [0.15, 0.2) is 0 Å². The van der Waals surface area contributed by atoms with E-state index in [0.717, 1.165) is 32.6 Å². The second-order valence-electron chi connectivity index (χ2n) is 5.22. The molecule has 4 atom stereocenters. The van der Waals surface area contributed by atoms with E-state index in [1.165, 1.54) is 0 Å². The maximum atomic E-state index is 5.70. The fourth-order valence-corrected chi connectivity index (χ4v) is 3.33. The Morgan fingerprint density at radius 1 is 1.05 bits per heavy atom. The number of rotatable bonds is 7. The fraction of sp³-hybridized carbons (Fsp3) is 1.00. The normalized spacial score (nSPS) is 36.2. The van der Waals surface area contributed by atoms with Gasteiger partial charge in [0.15, 0.2) is 0 Å². The van der Waals surface area contributed by atoms with Crippen molar-refractivity contribution in [2.24, 2.45) is 23.1 Å². The molecule has 112 valence electrons. The van der Waals surface area contributed by atoms with Crippen LogP contribution in [0.4, 0.5) is 0 Å². The van der Waals surface area contributed by atoms with Gasteiger partial charge < -0.3 is 32.0 Å². The van der Waals surface area contributed by atoms with Gasteiger partial charge in [0.25, 0.3) is 0 Å². The molecule has 2 fully saturated rings. The summed E-state index contributed by atoms with van der Waals surface area (Å²) in [7, 11) is 0. The maximum Gasteiger partial charge on any atom is 0.0944 e. The molecule has 0 saturated carbocycles. The van der Waals surface area contributed by atoms with E-state index >= 15 is 0 Å². The fourth-order valence-electron chi connectivity index (χ4n) is 3.33. The van der Waals surface area contributed by atoms with E-state index in [-0.39, 0.29) is 25.7 Å². The van der Waals surface area contributed by atoms with Crippen molar-refractivity contribution in [2.45, 2.75) is 24.7 Å². The Morgan fingerprint density at radius 2 is 1.79 bits per heavy atom. The molecule has 2 aliphatic rings. The van der Waals surface area contributed by atoms with Gasteiger partial charge in [-0.05, 0) is 13.0 Å². The molecule has 0 aromatic heterocycles. The van der Waals surface area contributed by atoms with Gasteiger partial charge in [-0.25, -0.2) is 0 Å². The second kappa shape index (κ2) is 7.49. The molecule has 2 rings (SSSR count). The van der Waals surface area contributed by atoms with Crippen LogP contribution in [0.1, 0.15) is 6.42 Å². The first-order valence-electron chi connectivity index (χ1n) is 7.09. The first kappa shape index (κ1) is 15.1. The number of likely N-dealkylation sites (tertiary alicyclic amines) is 1. The highest BCUT2D eigenvalue weighted by Gasteiger charge is 2.43. The molecule has 2 heterocycles. The number of ether oxygens (including phenoxy) is 2. The van der Waals surface area contributed by atoms with Crippen molar-refractivity contribution in [3.05, 3.63) is 0 Å². The highest BCUT2D eigenvalue weighted by Crippen LogP contribution is 2.28. The van der Waals surface area contributed by atoms with Crippen LogP contribution in [-0.2, 0) is 9.47 Å². The lowest BCUT2D eigenvalue weighted by molar-refractivity contribution is -0.00793. The molecule has 0 amide bonds. The molecule has 0 aromatic carbocycles. The summed E-state index contributed by atoms with van der Waals surface area (Å²) in [4.78, 5) is 2.34. The summed E-state index contributed by atoms with van der Waals surface area (Å²) in [5, 5.41) is 3.53. The molecule has 0 spiro atoms. The second-order valence-corrected chi connectivity index (χ2v) is 5.22. The molecule has 2 saturated heterocycles. The van der Waals surface area contributed by atoms with Crippen LogP contribution in [0, 0.1) is 5.92 Å². The Morgan fingerprint density at radius 3 is 2.47 bits per heavy atom. The number of hydrogen-bond acceptors (Lipinski definition) is 7. The van der Waals surface area contributed by atoms with E-state index in [9.17, 15) is 0 Å². The molecule has 7 heteroatoms. The summed E-state index contributed by atoms with van der Waals surface area (Å²) in [5.41, 5.74) is 16.7. The third-order valence-electron chi connectivity index (χ3n) is 4.12. The van der Waals surface area contributed by atoms with Crippen molar-refractivity contribution in [1.29, 1.82) is 0 Å². The Hall–Kier alpha value is -0.280. The first-order valence-corrected chi connectivity index (χ1v) is 7.09. The zero-order chi connectivity index (χ0) is 13.7. The topological polar surface area (TPSA) is 112 Å². The van der Waals surface area contributed by atoms with Gasteiger partial charge in [-0.1, -0.05) is 0 Å². The van der Waals surface area contributed by atoms with Gasteiger partial charge in [0.1, 0.15) is 0 Å². The molecule has 4 unspecified atom stereocenters. The minimum absolute atomic E-state index is 0.149. The van der Waals surface area contributed by atoms with Crippen LogP contribution in [0.3, 0.4) is 0 Å². The van der Waals surface area contributed by atoms with Gasteiger partial charge in [0, 0.05) is 38.1 Å². The Bertz CT molecular complexity index is 269. The third kappa shape index (κ3) is 3.63. The average Bonchev–Trinajstić information content (AvgIpc) is 2.98. The molecule has 0 aliphatic carbocycles. The monoisotopic (exact) mass is 273 g/mol. The summed E-state index contributed by atoms with van der Waals surface area (Å²) in [6.45, 7) is 4.94. The number of nitrogens with one attached hydrogen (secondary N) is 1. The summed E-state index contributed by atoms with van der Waals surface area (Å²) in [5.74, 6) is 0.383. The molecule has 0 bridgehead atoms. The molecular weight excluding hydrogens is 246 g/mol. The maximum absolute atomic E-state index is 5.70. The van der Waals surface area contributed by atoms with Crippen LogP contribution < -0.4 is 22.5 Å². The van der Waals surface area contributed by atoms with Gasteiger partial charge in [-0.3, -0.25) is 4.90 Å². The van der Waals surface area contributed by atoms with E-state index in [1.807, 2.05) is 0 Å². The number of nitrogens with zero attached hydrogens (tertiary/aromatic N) is 1. The molecule has 7 N–H and O–H groups in total. The zero-order valence-electron chi connectivity index (χ0n) is 11.5. The molecular formula is C12H27N5O2. The Balaban J connectivity index is 1.98. The van der Waals surface area contributed by atoms with Crippen molar-refractivity contribution in [1.82, 2.24) is 10.2 Å². The smallest absolute Gasteiger partial charge is 0.0944 e. The van der Waals surface area contributed by atoms with Gasteiger partial charge in [-0.15, -0.1) is 0 Å². The van der Waals surface area contributed by atoms with Gasteiger partial charge in [0.2, 0.25) is 0 Å². The van der Waals surface area contributed by atoms with E-state index in [4.69, 9.17) is 26.7 Å². The van der Waals surface area contributed by atoms with Crippen LogP contribution >= 0.6 is 0 Å². The molecule has 19 heavy (non-hydrogen) atoms. The van der Waals surface area contributed by atoms with Crippen molar-refractivity contribution in [3.63, 3.8) is 0 Å². The highest BCUT2D eigenvalue weighted by molar-refractivity contribution is 4.98. The quantitative estimate of drug-likeness (QED) is 0.391. The number of hydrogen-bond donors (Lipinski definition) is 4. The Labute approximate surface area is 114 Å². The summed E-state index contributed by atoms with van der Waals surface area (Å²) < 4.78 is 11.3. The van der Waals surface area contributed by atoms with Crippen molar-refractivity contribution in [3.8, 4) is 0 Å².